The standard InChI is InChI=1S/C15H19N3O2S2/c1-10-5-7-22-13(10)9-18(2)14(19)8-11(17-15(16)20)12-4-3-6-21-12/h3-7,11H,8-9H2,1-2H3,(H3,16,17,20). The molecule has 0 aliphatic heterocycles. The van der Waals surface area contributed by atoms with Crippen LogP contribution >= 0.6 is 22.7 Å². The number of nitrogens with zero attached hydrogens (tertiary/aromatic N) is 1. The molecule has 2 rings (SSSR count). The second-order valence-corrected chi connectivity index (χ2v) is 7.04. The average Bonchev–Trinajstić information content (AvgIpc) is 3.10. The Morgan fingerprint density at radius 3 is 2.64 bits per heavy atom. The number of aryl methyl sites for hydroxylation is 1. The van der Waals surface area contributed by atoms with Crippen LogP contribution in [0.1, 0.15) is 27.8 Å². The van der Waals surface area contributed by atoms with Gasteiger partial charge in [0.05, 0.1) is 19.0 Å². The topological polar surface area (TPSA) is 75.4 Å². The Hall–Kier alpha value is -1.86. The Morgan fingerprint density at radius 1 is 1.32 bits per heavy atom. The highest BCUT2D eigenvalue weighted by Crippen LogP contribution is 2.23. The van der Waals surface area contributed by atoms with E-state index in [-0.39, 0.29) is 18.4 Å². The molecule has 0 aromatic carbocycles. The first-order valence-electron chi connectivity index (χ1n) is 6.83. The van der Waals surface area contributed by atoms with Gasteiger partial charge in [0.15, 0.2) is 0 Å². The van der Waals surface area contributed by atoms with Crippen molar-refractivity contribution >= 4 is 34.6 Å². The molecule has 7 heteroatoms. The van der Waals surface area contributed by atoms with Crippen LogP contribution in [0.15, 0.2) is 29.0 Å². The van der Waals surface area contributed by atoms with Crippen LogP contribution < -0.4 is 11.1 Å². The number of nitrogens with two attached hydrogens (primary N) is 1. The van der Waals surface area contributed by atoms with Crippen LogP contribution in [-0.4, -0.2) is 23.9 Å². The Kier molecular flexibility index (Phi) is 5.57. The summed E-state index contributed by atoms with van der Waals surface area (Å²) in [5.74, 6) is -0.0278. The molecule has 22 heavy (non-hydrogen) atoms. The van der Waals surface area contributed by atoms with Crippen molar-refractivity contribution in [2.24, 2.45) is 5.73 Å². The van der Waals surface area contributed by atoms with E-state index in [0.29, 0.717) is 6.54 Å². The summed E-state index contributed by atoms with van der Waals surface area (Å²) in [6.07, 6.45) is 0.199. The SMILES string of the molecule is Cc1ccsc1CN(C)C(=O)CC(NC(N)=O)c1cccs1. The Bertz CT molecular complexity index is 637. The monoisotopic (exact) mass is 337 g/mol. The number of primary amides is 1. The van der Waals surface area contributed by atoms with Gasteiger partial charge in [-0.05, 0) is 35.4 Å². The lowest BCUT2D eigenvalue weighted by molar-refractivity contribution is -0.130. The van der Waals surface area contributed by atoms with Crippen LogP contribution in [0.3, 0.4) is 0 Å². The minimum absolute atomic E-state index is 0.0278. The minimum atomic E-state index is -0.622. The molecular weight excluding hydrogens is 318 g/mol. The third-order valence-electron chi connectivity index (χ3n) is 3.36. The zero-order valence-electron chi connectivity index (χ0n) is 12.5. The first kappa shape index (κ1) is 16.5. The van der Waals surface area contributed by atoms with Gasteiger partial charge in [0.25, 0.3) is 0 Å². The maximum atomic E-state index is 12.4. The molecule has 2 aromatic rings. The van der Waals surface area contributed by atoms with E-state index in [1.165, 1.54) is 21.8 Å². The van der Waals surface area contributed by atoms with E-state index in [1.54, 1.807) is 23.3 Å². The lowest BCUT2D eigenvalue weighted by atomic mass is 10.1. The molecule has 0 radical (unpaired) electrons. The quantitative estimate of drug-likeness (QED) is 0.850. The maximum absolute atomic E-state index is 12.4. The first-order chi connectivity index (χ1) is 10.5. The van der Waals surface area contributed by atoms with Crippen molar-refractivity contribution in [3.63, 3.8) is 0 Å². The van der Waals surface area contributed by atoms with Gasteiger partial charge >= 0.3 is 6.03 Å². The molecule has 3 N–H and O–H groups in total. The molecule has 2 aromatic heterocycles. The summed E-state index contributed by atoms with van der Waals surface area (Å²) in [6.45, 7) is 2.61. The molecular formula is C15H19N3O2S2. The van der Waals surface area contributed by atoms with E-state index in [0.717, 1.165) is 4.88 Å². The zero-order chi connectivity index (χ0) is 16.1. The summed E-state index contributed by atoms with van der Waals surface area (Å²) < 4.78 is 0. The van der Waals surface area contributed by atoms with E-state index < -0.39 is 6.03 Å². The van der Waals surface area contributed by atoms with Crippen molar-refractivity contribution in [2.75, 3.05) is 7.05 Å². The van der Waals surface area contributed by atoms with Crippen molar-refractivity contribution in [3.05, 3.63) is 44.3 Å². The number of rotatable bonds is 6. The van der Waals surface area contributed by atoms with Gasteiger partial charge in [0, 0.05) is 16.8 Å². The van der Waals surface area contributed by atoms with E-state index in [2.05, 4.69) is 5.32 Å². The lowest BCUT2D eigenvalue weighted by Crippen LogP contribution is -2.36. The van der Waals surface area contributed by atoms with Crippen LogP contribution in [0.25, 0.3) is 0 Å². The highest BCUT2D eigenvalue weighted by molar-refractivity contribution is 7.10. The highest BCUT2D eigenvalue weighted by Gasteiger charge is 2.21. The number of carbonyl (C=O) groups excluding carboxylic acids is 2. The van der Waals surface area contributed by atoms with Gasteiger partial charge in [-0.1, -0.05) is 6.07 Å². The number of hydrogen-bond acceptors (Lipinski definition) is 4. The maximum Gasteiger partial charge on any atom is 0.312 e. The van der Waals surface area contributed by atoms with Gasteiger partial charge in [0.1, 0.15) is 0 Å². The Balaban J connectivity index is 2.01. The second kappa shape index (κ2) is 7.42. The van der Waals surface area contributed by atoms with Crippen LogP contribution in [0, 0.1) is 6.92 Å². The molecule has 0 bridgehead atoms. The number of thiophene rings is 2. The predicted octanol–water partition coefficient (Wildman–Crippen LogP) is 2.88. The molecule has 5 nitrogen and oxygen atoms in total. The van der Waals surface area contributed by atoms with Crippen LogP contribution in [0.4, 0.5) is 4.79 Å². The number of nitrogens with one attached hydrogen (secondary N) is 1. The summed E-state index contributed by atoms with van der Waals surface area (Å²) >= 11 is 3.14. The molecule has 118 valence electrons. The van der Waals surface area contributed by atoms with E-state index in [1.807, 2.05) is 35.9 Å². The lowest BCUT2D eigenvalue weighted by Gasteiger charge is -2.21. The van der Waals surface area contributed by atoms with E-state index >= 15 is 0 Å². The van der Waals surface area contributed by atoms with Crippen LogP contribution in [-0.2, 0) is 11.3 Å². The van der Waals surface area contributed by atoms with Gasteiger partial charge in [-0.3, -0.25) is 4.79 Å². The van der Waals surface area contributed by atoms with Crippen LogP contribution in [0.5, 0.6) is 0 Å². The molecule has 2 heterocycles. The molecule has 0 saturated heterocycles. The van der Waals surface area contributed by atoms with Crippen molar-refractivity contribution in [2.45, 2.75) is 25.9 Å². The summed E-state index contributed by atoms with van der Waals surface area (Å²) in [7, 11) is 1.78. The van der Waals surface area contributed by atoms with Crippen LogP contribution in [0.2, 0.25) is 0 Å². The number of amides is 3. The average molecular weight is 337 g/mol. The molecule has 0 fully saturated rings. The van der Waals surface area contributed by atoms with Gasteiger partial charge in [-0.15, -0.1) is 22.7 Å². The van der Waals surface area contributed by atoms with Crippen molar-refractivity contribution in [1.82, 2.24) is 10.2 Å². The molecule has 0 aliphatic carbocycles. The van der Waals surface area contributed by atoms with Crippen molar-refractivity contribution < 1.29 is 9.59 Å². The number of urea groups is 1. The summed E-state index contributed by atoms with van der Waals surface area (Å²) in [6, 6.07) is 4.82. The van der Waals surface area contributed by atoms with Crippen molar-refractivity contribution in [3.8, 4) is 0 Å². The van der Waals surface area contributed by atoms with Crippen molar-refractivity contribution in [1.29, 1.82) is 0 Å². The Morgan fingerprint density at radius 2 is 2.09 bits per heavy atom. The molecule has 3 amide bonds. The fourth-order valence-corrected chi connectivity index (χ4v) is 3.82. The molecule has 1 atom stereocenters. The van der Waals surface area contributed by atoms with Gasteiger partial charge in [-0.25, -0.2) is 4.79 Å². The minimum Gasteiger partial charge on any atom is -0.352 e. The Labute approximate surface area is 137 Å². The molecule has 1 unspecified atom stereocenters. The first-order valence-corrected chi connectivity index (χ1v) is 8.59. The highest BCUT2D eigenvalue weighted by atomic mass is 32.1. The molecule has 0 saturated carbocycles. The van der Waals surface area contributed by atoms with Gasteiger partial charge in [0.2, 0.25) is 5.91 Å². The third kappa shape index (κ3) is 4.32. The molecule has 0 spiro atoms. The van der Waals surface area contributed by atoms with E-state index in [4.69, 9.17) is 5.73 Å². The smallest absolute Gasteiger partial charge is 0.312 e. The normalized spacial score (nSPS) is 11.9. The molecule has 0 aliphatic rings. The fourth-order valence-electron chi connectivity index (χ4n) is 2.08. The second-order valence-electron chi connectivity index (χ2n) is 5.06. The fraction of sp³-hybridized carbons (Fsp3) is 0.333. The largest absolute Gasteiger partial charge is 0.352 e. The summed E-state index contributed by atoms with van der Waals surface area (Å²) in [4.78, 5) is 27.3. The third-order valence-corrected chi connectivity index (χ3v) is 5.35. The zero-order valence-corrected chi connectivity index (χ0v) is 14.2. The number of carbonyl (C=O) groups is 2. The van der Waals surface area contributed by atoms with Gasteiger partial charge < -0.3 is 16.0 Å². The van der Waals surface area contributed by atoms with E-state index in [9.17, 15) is 9.59 Å². The summed E-state index contributed by atoms with van der Waals surface area (Å²) in [5.41, 5.74) is 6.40. The number of hydrogen-bond donors (Lipinski definition) is 2. The van der Waals surface area contributed by atoms with Gasteiger partial charge in [-0.2, -0.15) is 0 Å². The predicted molar refractivity (Wildman–Crippen MR) is 89.9 cm³/mol. The summed E-state index contributed by atoms with van der Waals surface area (Å²) in [5, 5.41) is 6.57.